The van der Waals surface area contributed by atoms with Crippen molar-refractivity contribution in [1.82, 2.24) is 0 Å². The molecule has 98 valence electrons. The van der Waals surface area contributed by atoms with E-state index in [0.717, 1.165) is 11.9 Å². The first kappa shape index (κ1) is 13.3. The molecule has 0 aromatic carbocycles. The minimum atomic E-state index is 0.294. The van der Waals surface area contributed by atoms with E-state index in [9.17, 15) is 4.79 Å². The van der Waals surface area contributed by atoms with Gasteiger partial charge in [0, 0.05) is 18.0 Å². The Bertz CT molecular complexity index is 427. The standard InChI is InChI=1S/C15H21NOS/c1-12(2)13(11-17)10-14-6-7-15(18-14)16-8-4-3-5-9-16/h6-7,10-12H,3-5,8-9H2,1-2H3. The maximum atomic E-state index is 11.0. The number of nitrogens with zero attached hydrogens (tertiary/aromatic N) is 1. The molecule has 0 N–H and O–H groups in total. The Balaban J connectivity index is 2.12. The summed E-state index contributed by atoms with van der Waals surface area (Å²) in [4.78, 5) is 14.6. The molecule has 0 aliphatic carbocycles. The SMILES string of the molecule is CC(C)C(C=O)=Cc1ccc(N2CCCCC2)s1. The zero-order chi connectivity index (χ0) is 13.0. The molecule has 2 rings (SSSR count). The van der Waals surface area contributed by atoms with Crippen molar-refractivity contribution in [1.29, 1.82) is 0 Å². The molecule has 0 bridgehead atoms. The lowest BCUT2D eigenvalue weighted by molar-refractivity contribution is -0.105. The van der Waals surface area contributed by atoms with Gasteiger partial charge in [0.1, 0.15) is 6.29 Å². The molecule has 1 saturated heterocycles. The number of rotatable bonds is 4. The number of hydrogen-bond acceptors (Lipinski definition) is 3. The van der Waals surface area contributed by atoms with Crippen LogP contribution in [0.15, 0.2) is 17.7 Å². The molecule has 1 aromatic heterocycles. The molecule has 0 unspecified atom stereocenters. The molecule has 0 amide bonds. The van der Waals surface area contributed by atoms with Gasteiger partial charge in [0.25, 0.3) is 0 Å². The van der Waals surface area contributed by atoms with Gasteiger partial charge in [-0.25, -0.2) is 0 Å². The molecule has 0 saturated carbocycles. The van der Waals surface area contributed by atoms with Crippen LogP contribution in [-0.2, 0) is 4.79 Å². The van der Waals surface area contributed by atoms with Gasteiger partial charge in [-0.1, -0.05) is 13.8 Å². The highest BCUT2D eigenvalue weighted by atomic mass is 32.1. The number of anilines is 1. The average Bonchev–Trinajstić information content (AvgIpc) is 2.85. The van der Waals surface area contributed by atoms with E-state index in [4.69, 9.17) is 0 Å². The number of thiophene rings is 1. The molecule has 3 heteroatoms. The minimum absolute atomic E-state index is 0.294. The van der Waals surface area contributed by atoms with Crippen LogP contribution in [-0.4, -0.2) is 19.4 Å². The van der Waals surface area contributed by atoms with E-state index in [0.29, 0.717) is 5.92 Å². The summed E-state index contributed by atoms with van der Waals surface area (Å²) < 4.78 is 0. The Labute approximate surface area is 113 Å². The van der Waals surface area contributed by atoms with Crippen molar-refractivity contribution in [3.05, 3.63) is 22.6 Å². The molecule has 0 spiro atoms. The molecule has 1 aromatic rings. The summed E-state index contributed by atoms with van der Waals surface area (Å²) in [6.07, 6.45) is 6.96. The Morgan fingerprint density at radius 2 is 2.00 bits per heavy atom. The van der Waals surface area contributed by atoms with Gasteiger partial charge < -0.3 is 4.90 Å². The number of carbonyl (C=O) groups excluding carboxylic acids is 1. The van der Waals surface area contributed by atoms with Crippen LogP contribution in [0.1, 0.15) is 38.0 Å². The Kier molecular flexibility index (Phi) is 4.59. The Morgan fingerprint density at radius 3 is 2.61 bits per heavy atom. The van der Waals surface area contributed by atoms with Gasteiger partial charge in [0.05, 0.1) is 5.00 Å². The summed E-state index contributed by atoms with van der Waals surface area (Å²) in [5.41, 5.74) is 0.877. The lowest BCUT2D eigenvalue weighted by Gasteiger charge is -2.27. The van der Waals surface area contributed by atoms with Gasteiger partial charge in [0.2, 0.25) is 0 Å². The summed E-state index contributed by atoms with van der Waals surface area (Å²) >= 11 is 1.79. The first-order chi connectivity index (χ1) is 8.70. The highest BCUT2D eigenvalue weighted by Crippen LogP contribution is 2.30. The van der Waals surface area contributed by atoms with Crippen LogP contribution in [0.3, 0.4) is 0 Å². The summed E-state index contributed by atoms with van der Waals surface area (Å²) in [5.74, 6) is 0.294. The quantitative estimate of drug-likeness (QED) is 0.605. The van der Waals surface area contributed by atoms with E-state index >= 15 is 0 Å². The van der Waals surface area contributed by atoms with E-state index in [1.165, 1.54) is 42.2 Å². The van der Waals surface area contributed by atoms with Crippen LogP contribution in [0.2, 0.25) is 0 Å². The van der Waals surface area contributed by atoms with E-state index in [1.807, 2.05) is 6.08 Å². The Hall–Kier alpha value is -1.09. The molecular formula is C15H21NOS. The van der Waals surface area contributed by atoms with Crippen LogP contribution in [0.4, 0.5) is 5.00 Å². The van der Waals surface area contributed by atoms with Crippen molar-refractivity contribution < 1.29 is 4.79 Å². The number of aldehydes is 1. The molecule has 0 radical (unpaired) electrons. The van der Waals surface area contributed by atoms with Crippen LogP contribution in [0.25, 0.3) is 6.08 Å². The monoisotopic (exact) mass is 263 g/mol. The molecular weight excluding hydrogens is 242 g/mol. The summed E-state index contributed by atoms with van der Waals surface area (Å²) in [5, 5.41) is 1.34. The van der Waals surface area contributed by atoms with Gasteiger partial charge in [-0.3, -0.25) is 4.79 Å². The zero-order valence-electron chi connectivity index (χ0n) is 11.2. The lowest BCUT2D eigenvalue weighted by Crippen LogP contribution is -2.28. The topological polar surface area (TPSA) is 20.3 Å². The maximum absolute atomic E-state index is 11.0. The van der Waals surface area contributed by atoms with Crippen molar-refractivity contribution in [2.45, 2.75) is 33.1 Å². The van der Waals surface area contributed by atoms with Gasteiger partial charge in [-0.2, -0.15) is 0 Å². The number of piperidine rings is 1. The number of carbonyl (C=O) groups is 1. The highest BCUT2D eigenvalue weighted by Gasteiger charge is 2.12. The first-order valence-corrected chi connectivity index (χ1v) is 7.54. The van der Waals surface area contributed by atoms with Gasteiger partial charge in [-0.15, -0.1) is 11.3 Å². The maximum Gasteiger partial charge on any atom is 0.146 e. The second-order valence-corrected chi connectivity index (χ2v) is 6.23. The molecule has 18 heavy (non-hydrogen) atoms. The molecule has 1 aliphatic heterocycles. The van der Waals surface area contributed by atoms with E-state index in [1.54, 1.807) is 11.3 Å². The van der Waals surface area contributed by atoms with Crippen molar-refractivity contribution in [2.24, 2.45) is 5.92 Å². The normalized spacial score (nSPS) is 17.3. The fraction of sp³-hybridized carbons (Fsp3) is 0.533. The minimum Gasteiger partial charge on any atom is -0.363 e. The van der Waals surface area contributed by atoms with E-state index in [2.05, 4.69) is 30.9 Å². The molecule has 2 heterocycles. The lowest BCUT2D eigenvalue weighted by atomic mass is 10.0. The second-order valence-electron chi connectivity index (χ2n) is 5.14. The first-order valence-electron chi connectivity index (χ1n) is 6.72. The highest BCUT2D eigenvalue weighted by molar-refractivity contribution is 7.16. The largest absolute Gasteiger partial charge is 0.363 e. The number of hydrogen-bond donors (Lipinski definition) is 0. The van der Waals surface area contributed by atoms with Crippen LogP contribution >= 0.6 is 11.3 Å². The predicted molar refractivity (Wildman–Crippen MR) is 79.3 cm³/mol. The summed E-state index contributed by atoms with van der Waals surface area (Å²) in [7, 11) is 0. The average molecular weight is 263 g/mol. The predicted octanol–water partition coefficient (Wildman–Crippen LogP) is 3.98. The third-order valence-electron chi connectivity index (χ3n) is 3.39. The summed E-state index contributed by atoms with van der Waals surface area (Å²) in [6, 6.07) is 4.31. The summed E-state index contributed by atoms with van der Waals surface area (Å²) in [6.45, 7) is 6.46. The fourth-order valence-electron chi connectivity index (χ4n) is 2.21. The van der Waals surface area contributed by atoms with Crippen molar-refractivity contribution in [3.8, 4) is 0 Å². The van der Waals surface area contributed by atoms with E-state index in [-0.39, 0.29) is 0 Å². The van der Waals surface area contributed by atoms with Gasteiger partial charge in [0.15, 0.2) is 0 Å². The molecule has 2 nitrogen and oxygen atoms in total. The van der Waals surface area contributed by atoms with Crippen LogP contribution < -0.4 is 4.90 Å². The van der Waals surface area contributed by atoms with Crippen molar-refractivity contribution in [3.63, 3.8) is 0 Å². The smallest absolute Gasteiger partial charge is 0.146 e. The molecule has 1 fully saturated rings. The van der Waals surface area contributed by atoms with E-state index < -0.39 is 0 Å². The number of allylic oxidation sites excluding steroid dienone is 1. The Morgan fingerprint density at radius 1 is 1.28 bits per heavy atom. The zero-order valence-corrected chi connectivity index (χ0v) is 12.0. The van der Waals surface area contributed by atoms with Crippen LogP contribution in [0.5, 0.6) is 0 Å². The molecule has 0 atom stereocenters. The molecule has 1 aliphatic rings. The third kappa shape index (κ3) is 3.22. The van der Waals surface area contributed by atoms with Crippen molar-refractivity contribution >= 4 is 28.7 Å². The van der Waals surface area contributed by atoms with Gasteiger partial charge in [-0.05, 0) is 49.0 Å². The van der Waals surface area contributed by atoms with Gasteiger partial charge >= 0.3 is 0 Å². The van der Waals surface area contributed by atoms with Crippen LogP contribution in [0, 0.1) is 5.92 Å². The third-order valence-corrected chi connectivity index (χ3v) is 4.49. The van der Waals surface area contributed by atoms with Crippen molar-refractivity contribution in [2.75, 3.05) is 18.0 Å². The second kappa shape index (κ2) is 6.19. The fourth-order valence-corrected chi connectivity index (χ4v) is 3.23.